The summed E-state index contributed by atoms with van der Waals surface area (Å²) >= 11 is 6.17. The van der Waals surface area contributed by atoms with Crippen molar-refractivity contribution in [1.29, 1.82) is 0 Å². The molecule has 0 amide bonds. The molecule has 152 valence electrons. The van der Waals surface area contributed by atoms with Gasteiger partial charge in [0.2, 0.25) is 5.95 Å². The lowest BCUT2D eigenvalue weighted by Crippen LogP contribution is -2.32. The van der Waals surface area contributed by atoms with Gasteiger partial charge in [0, 0.05) is 28.6 Å². The van der Waals surface area contributed by atoms with Gasteiger partial charge in [-0.05, 0) is 48.4 Å². The van der Waals surface area contributed by atoms with Gasteiger partial charge in [-0.15, -0.1) is 0 Å². The molecule has 0 aliphatic carbocycles. The van der Waals surface area contributed by atoms with Crippen LogP contribution in [0.5, 0.6) is 5.75 Å². The van der Waals surface area contributed by atoms with Crippen molar-refractivity contribution >= 4 is 23.2 Å². The molecule has 2 aromatic carbocycles. The van der Waals surface area contributed by atoms with Crippen LogP contribution in [-0.2, 0) is 0 Å². The van der Waals surface area contributed by atoms with Crippen molar-refractivity contribution in [1.82, 2.24) is 19.7 Å². The van der Waals surface area contributed by atoms with Crippen molar-refractivity contribution in [3.8, 4) is 5.75 Å². The molecule has 0 saturated heterocycles. The third-order valence-electron chi connectivity index (χ3n) is 5.74. The average molecular weight is 428 g/mol. The number of anilines is 1. The van der Waals surface area contributed by atoms with Crippen LogP contribution in [-0.4, -0.2) is 19.7 Å². The van der Waals surface area contributed by atoms with Gasteiger partial charge in [-0.2, -0.15) is 10.1 Å². The van der Waals surface area contributed by atoms with E-state index in [4.69, 9.17) is 16.3 Å². The molecule has 4 heterocycles. The van der Waals surface area contributed by atoms with Crippen molar-refractivity contribution in [2.75, 3.05) is 5.32 Å². The molecule has 6 nitrogen and oxygen atoms in total. The Balaban J connectivity index is 1.64. The number of ether oxygens (including phenoxy) is 1. The van der Waals surface area contributed by atoms with Crippen LogP contribution >= 0.6 is 11.6 Å². The van der Waals surface area contributed by atoms with Crippen molar-refractivity contribution in [2.45, 2.75) is 19.1 Å². The highest BCUT2D eigenvalue weighted by Crippen LogP contribution is 2.50. The molecule has 6 rings (SSSR count). The minimum absolute atomic E-state index is 0.211. The minimum atomic E-state index is -0.322. The first-order valence-electron chi connectivity index (χ1n) is 10.0. The molecule has 0 bridgehead atoms. The van der Waals surface area contributed by atoms with E-state index in [-0.39, 0.29) is 12.1 Å². The minimum Gasteiger partial charge on any atom is -0.480 e. The molecule has 2 aliphatic rings. The number of benzene rings is 2. The smallest absolute Gasteiger partial charge is 0.226 e. The quantitative estimate of drug-likeness (QED) is 0.476. The highest BCUT2D eigenvalue weighted by molar-refractivity contribution is 6.30. The van der Waals surface area contributed by atoms with Gasteiger partial charge in [-0.25, -0.2) is 4.68 Å². The zero-order valence-electron chi connectivity index (χ0n) is 16.7. The van der Waals surface area contributed by atoms with E-state index < -0.39 is 0 Å². The fourth-order valence-electron chi connectivity index (χ4n) is 4.35. The summed E-state index contributed by atoms with van der Waals surface area (Å²) in [6.07, 6.45) is 4.89. The van der Waals surface area contributed by atoms with Crippen LogP contribution in [0.15, 0.2) is 78.9 Å². The van der Waals surface area contributed by atoms with Crippen molar-refractivity contribution in [2.24, 2.45) is 0 Å². The maximum Gasteiger partial charge on any atom is 0.226 e. The predicted octanol–water partition coefficient (Wildman–Crippen LogP) is 5.19. The maximum atomic E-state index is 6.60. The van der Waals surface area contributed by atoms with Crippen LogP contribution in [0.3, 0.4) is 0 Å². The lowest BCUT2D eigenvalue weighted by molar-refractivity contribution is 0.223. The van der Waals surface area contributed by atoms with E-state index in [0.717, 1.165) is 39.3 Å². The number of hydrogen-bond donors (Lipinski definition) is 1. The molecule has 7 heteroatoms. The summed E-state index contributed by atoms with van der Waals surface area (Å²) in [6, 6.07) is 17.8. The van der Waals surface area contributed by atoms with E-state index in [1.54, 1.807) is 12.5 Å². The SMILES string of the molecule is Cc1ccc2c(c1)C1=C([C@H](c3cccnc3)n3ncnc3N1)[C@@H](c1ccc(Cl)cc1)O2. The van der Waals surface area contributed by atoms with E-state index in [9.17, 15) is 0 Å². The maximum absolute atomic E-state index is 6.60. The molecular formula is C24H18ClN5O. The molecule has 2 atom stereocenters. The second kappa shape index (κ2) is 6.96. The molecule has 2 aromatic heterocycles. The summed E-state index contributed by atoms with van der Waals surface area (Å²) in [4.78, 5) is 8.82. The lowest BCUT2D eigenvalue weighted by Gasteiger charge is -2.39. The first-order valence-corrected chi connectivity index (χ1v) is 10.4. The van der Waals surface area contributed by atoms with Gasteiger partial charge in [-0.1, -0.05) is 41.4 Å². The van der Waals surface area contributed by atoms with Gasteiger partial charge in [0.05, 0.1) is 5.70 Å². The lowest BCUT2D eigenvalue weighted by atomic mass is 9.85. The molecule has 2 aliphatic heterocycles. The normalized spacial score (nSPS) is 19.0. The fraction of sp³-hybridized carbons (Fsp3) is 0.125. The highest BCUT2D eigenvalue weighted by atomic mass is 35.5. The van der Waals surface area contributed by atoms with Gasteiger partial charge in [0.15, 0.2) is 0 Å². The fourth-order valence-corrected chi connectivity index (χ4v) is 4.48. The second-order valence-corrected chi connectivity index (χ2v) is 8.16. The van der Waals surface area contributed by atoms with Crippen molar-refractivity contribution in [3.05, 3.63) is 106 Å². The molecule has 31 heavy (non-hydrogen) atoms. The van der Waals surface area contributed by atoms with Crippen molar-refractivity contribution in [3.63, 3.8) is 0 Å². The molecule has 0 saturated carbocycles. The Labute approximate surface area is 184 Å². The van der Waals surface area contributed by atoms with Crippen LogP contribution in [0.4, 0.5) is 5.95 Å². The van der Waals surface area contributed by atoms with Gasteiger partial charge in [0.25, 0.3) is 0 Å². The molecule has 0 radical (unpaired) electrons. The van der Waals surface area contributed by atoms with Crippen LogP contribution in [0.1, 0.15) is 34.4 Å². The average Bonchev–Trinajstić information content (AvgIpc) is 3.27. The number of nitrogens with zero attached hydrogens (tertiary/aromatic N) is 4. The topological polar surface area (TPSA) is 64.9 Å². The van der Waals surface area contributed by atoms with Gasteiger partial charge < -0.3 is 10.1 Å². The van der Waals surface area contributed by atoms with Crippen LogP contribution in [0, 0.1) is 6.92 Å². The summed E-state index contributed by atoms with van der Waals surface area (Å²) in [5.41, 5.74) is 6.27. The van der Waals surface area contributed by atoms with Gasteiger partial charge in [-0.3, -0.25) is 4.98 Å². The molecule has 0 spiro atoms. The van der Waals surface area contributed by atoms with Gasteiger partial charge in [0.1, 0.15) is 24.2 Å². The molecule has 0 unspecified atom stereocenters. The van der Waals surface area contributed by atoms with Crippen molar-refractivity contribution < 1.29 is 4.74 Å². The van der Waals surface area contributed by atoms with Crippen LogP contribution in [0.25, 0.3) is 5.70 Å². The number of rotatable bonds is 2. The Morgan fingerprint density at radius 2 is 1.94 bits per heavy atom. The Hall–Kier alpha value is -3.64. The number of hydrogen-bond acceptors (Lipinski definition) is 5. The Kier molecular flexibility index (Phi) is 4.07. The van der Waals surface area contributed by atoms with Gasteiger partial charge >= 0.3 is 0 Å². The summed E-state index contributed by atoms with van der Waals surface area (Å²) in [6.45, 7) is 2.08. The molecule has 1 N–H and O–H groups in total. The summed E-state index contributed by atoms with van der Waals surface area (Å²) < 4.78 is 8.49. The highest BCUT2D eigenvalue weighted by Gasteiger charge is 2.41. The standard InChI is InChI=1S/C24H18ClN5O/c1-14-4-9-19-18(11-14)21-20(23(31-19)15-5-7-17(25)8-6-15)22(16-3-2-10-26-12-16)30-24(29-21)27-13-28-30/h2-13,22-23H,1H3,(H,27,28,29)/t22-,23+/m0/s1. The number of pyridine rings is 1. The Morgan fingerprint density at radius 1 is 1.06 bits per heavy atom. The number of aryl methyl sites for hydroxylation is 1. The number of fused-ring (bicyclic) bond motifs is 3. The number of aromatic nitrogens is 4. The summed E-state index contributed by atoms with van der Waals surface area (Å²) in [7, 11) is 0. The van der Waals surface area contributed by atoms with E-state index >= 15 is 0 Å². The number of nitrogens with one attached hydrogen (secondary N) is 1. The predicted molar refractivity (Wildman–Crippen MR) is 119 cm³/mol. The first-order chi connectivity index (χ1) is 15.2. The third kappa shape index (κ3) is 2.91. The second-order valence-electron chi connectivity index (χ2n) is 7.72. The van der Waals surface area contributed by atoms with Crippen LogP contribution in [0.2, 0.25) is 5.02 Å². The zero-order valence-corrected chi connectivity index (χ0v) is 17.4. The molecular weight excluding hydrogens is 410 g/mol. The monoisotopic (exact) mass is 427 g/mol. The first kappa shape index (κ1) is 18.2. The Bertz CT molecular complexity index is 1310. The third-order valence-corrected chi connectivity index (χ3v) is 5.99. The molecule has 4 aromatic rings. The molecule has 0 fully saturated rings. The van der Waals surface area contributed by atoms with E-state index in [2.05, 4.69) is 45.5 Å². The van der Waals surface area contributed by atoms with E-state index in [1.165, 1.54) is 0 Å². The van der Waals surface area contributed by atoms with Crippen LogP contribution < -0.4 is 10.1 Å². The van der Waals surface area contributed by atoms with E-state index in [0.29, 0.717) is 11.0 Å². The largest absolute Gasteiger partial charge is 0.480 e. The number of halogens is 1. The van der Waals surface area contributed by atoms with E-state index in [1.807, 2.05) is 47.3 Å². The summed E-state index contributed by atoms with van der Waals surface area (Å²) in [5, 5.41) is 8.73. The summed E-state index contributed by atoms with van der Waals surface area (Å²) in [5.74, 6) is 1.52. The zero-order chi connectivity index (χ0) is 20.9. The Morgan fingerprint density at radius 3 is 2.74 bits per heavy atom.